The summed E-state index contributed by atoms with van der Waals surface area (Å²) in [5.41, 5.74) is 0.523. The molecule has 1 aromatic carbocycles. The van der Waals surface area contributed by atoms with E-state index in [2.05, 4.69) is 14.2 Å². The fourth-order valence-electron chi connectivity index (χ4n) is 1.22. The maximum atomic E-state index is 11.5. The largest absolute Gasteiger partial charge is 0.468 e. The standard InChI is InChI=1S/C11H13NO6S/c1-17-10(13)7-19(15,16)12-9-5-3-8(4-6-9)11(14)18-2/h3-6,12H,7H2,1-2H3. The van der Waals surface area contributed by atoms with Gasteiger partial charge < -0.3 is 9.47 Å². The first-order chi connectivity index (χ1) is 8.88. The lowest BCUT2D eigenvalue weighted by Crippen LogP contribution is -2.23. The van der Waals surface area contributed by atoms with Crippen molar-refractivity contribution in [1.82, 2.24) is 0 Å². The molecule has 0 bridgehead atoms. The third kappa shape index (κ3) is 4.59. The Bertz CT molecular complexity index is 563. The number of hydrogen-bond donors (Lipinski definition) is 1. The molecule has 0 aromatic heterocycles. The molecule has 1 N–H and O–H groups in total. The molecule has 0 aliphatic carbocycles. The van der Waals surface area contributed by atoms with Gasteiger partial charge in [-0.3, -0.25) is 9.52 Å². The van der Waals surface area contributed by atoms with E-state index < -0.39 is 27.7 Å². The summed E-state index contributed by atoms with van der Waals surface area (Å²) in [6.07, 6.45) is 0. The first-order valence-electron chi connectivity index (χ1n) is 5.13. The van der Waals surface area contributed by atoms with Crippen molar-refractivity contribution in [3.63, 3.8) is 0 Å². The van der Waals surface area contributed by atoms with Crippen molar-refractivity contribution >= 4 is 27.6 Å². The van der Waals surface area contributed by atoms with Crippen molar-refractivity contribution in [1.29, 1.82) is 0 Å². The average molecular weight is 287 g/mol. The van der Waals surface area contributed by atoms with Gasteiger partial charge in [-0.1, -0.05) is 0 Å². The molecule has 0 spiro atoms. The van der Waals surface area contributed by atoms with Crippen molar-refractivity contribution in [3.05, 3.63) is 29.8 Å². The molecule has 19 heavy (non-hydrogen) atoms. The van der Waals surface area contributed by atoms with Crippen LogP contribution >= 0.6 is 0 Å². The van der Waals surface area contributed by atoms with Gasteiger partial charge in [0.15, 0.2) is 5.75 Å². The second kappa shape index (κ2) is 6.19. The van der Waals surface area contributed by atoms with Crippen LogP contribution in [0.5, 0.6) is 0 Å². The molecule has 0 saturated carbocycles. The predicted molar refractivity (Wildman–Crippen MR) is 67.2 cm³/mol. The molecule has 0 aliphatic rings. The summed E-state index contributed by atoms with van der Waals surface area (Å²) >= 11 is 0. The third-order valence-electron chi connectivity index (χ3n) is 2.11. The zero-order chi connectivity index (χ0) is 14.5. The van der Waals surface area contributed by atoms with E-state index in [9.17, 15) is 18.0 Å². The van der Waals surface area contributed by atoms with Gasteiger partial charge in [0.2, 0.25) is 10.0 Å². The van der Waals surface area contributed by atoms with E-state index >= 15 is 0 Å². The number of anilines is 1. The number of benzene rings is 1. The molecule has 0 saturated heterocycles. The molecule has 1 rings (SSSR count). The van der Waals surface area contributed by atoms with E-state index in [0.29, 0.717) is 5.56 Å². The van der Waals surface area contributed by atoms with Gasteiger partial charge in [-0.25, -0.2) is 13.2 Å². The normalized spacial score (nSPS) is 10.6. The van der Waals surface area contributed by atoms with Gasteiger partial charge in [-0.05, 0) is 24.3 Å². The fraction of sp³-hybridized carbons (Fsp3) is 0.273. The van der Waals surface area contributed by atoms with Crippen molar-refractivity contribution in [2.45, 2.75) is 0 Å². The number of methoxy groups -OCH3 is 2. The highest BCUT2D eigenvalue weighted by atomic mass is 32.2. The predicted octanol–water partition coefficient (Wildman–Crippen LogP) is 0.388. The van der Waals surface area contributed by atoms with Gasteiger partial charge in [0.25, 0.3) is 0 Å². The molecule has 0 radical (unpaired) electrons. The molecule has 7 nitrogen and oxygen atoms in total. The highest BCUT2D eigenvalue weighted by molar-refractivity contribution is 7.93. The van der Waals surface area contributed by atoms with Gasteiger partial charge in [-0.2, -0.15) is 0 Å². The average Bonchev–Trinajstić information content (AvgIpc) is 2.37. The molecule has 8 heteroatoms. The highest BCUT2D eigenvalue weighted by Gasteiger charge is 2.17. The van der Waals surface area contributed by atoms with Gasteiger partial charge >= 0.3 is 11.9 Å². The van der Waals surface area contributed by atoms with Crippen LogP contribution in [0.1, 0.15) is 10.4 Å². The molecule has 0 unspecified atom stereocenters. The first-order valence-corrected chi connectivity index (χ1v) is 6.79. The van der Waals surface area contributed by atoms with Crippen molar-refractivity contribution in [3.8, 4) is 0 Å². The van der Waals surface area contributed by atoms with Crippen LogP contribution in [0, 0.1) is 0 Å². The van der Waals surface area contributed by atoms with Crippen molar-refractivity contribution < 1.29 is 27.5 Å². The van der Waals surface area contributed by atoms with Crippen LogP contribution in [0.3, 0.4) is 0 Å². The van der Waals surface area contributed by atoms with Crippen LogP contribution in [0.25, 0.3) is 0 Å². The highest BCUT2D eigenvalue weighted by Crippen LogP contribution is 2.12. The quantitative estimate of drug-likeness (QED) is 0.786. The molecule has 0 aliphatic heterocycles. The Hall–Kier alpha value is -2.09. The Morgan fingerprint density at radius 3 is 2.16 bits per heavy atom. The van der Waals surface area contributed by atoms with E-state index in [4.69, 9.17) is 0 Å². The molecular weight excluding hydrogens is 274 g/mol. The number of nitrogens with one attached hydrogen (secondary N) is 1. The van der Waals surface area contributed by atoms with Crippen LogP contribution in [0.15, 0.2) is 24.3 Å². The number of carbonyl (C=O) groups is 2. The number of rotatable bonds is 5. The Labute approximate surface area is 110 Å². The van der Waals surface area contributed by atoms with Gasteiger partial charge in [0.05, 0.1) is 19.8 Å². The van der Waals surface area contributed by atoms with E-state index in [1.807, 2.05) is 0 Å². The van der Waals surface area contributed by atoms with Crippen LogP contribution in [0.2, 0.25) is 0 Å². The summed E-state index contributed by atoms with van der Waals surface area (Å²) in [5, 5.41) is 0. The number of ether oxygens (including phenoxy) is 2. The molecule has 0 fully saturated rings. The summed E-state index contributed by atoms with van der Waals surface area (Å²) in [6.45, 7) is 0. The first kappa shape index (κ1) is 15.0. The van der Waals surface area contributed by atoms with Crippen LogP contribution in [-0.4, -0.2) is 40.3 Å². The molecule has 0 atom stereocenters. The fourth-order valence-corrected chi connectivity index (χ4v) is 2.22. The van der Waals surface area contributed by atoms with Gasteiger partial charge in [0.1, 0.15) is 0 Å². The molecular formula is C11H13NO6S. The SMILES string of the molecule is COC(=O)CS(=O)(=O)Nc1ccc(C(=O)OC)cc1. The van der Waals surface area contributed by atoms with E-state index in [1.165, 1.54) is 31.4 Å². The summed E-state index contributed by atoms with van der Waals surface area (Å²) in [5.74, 6) is -2.16. The minimum absolute atomic E-state index is 0.233. The lowest BCUT2D eigenvalue weighted by Gasteiger charge is -2.07. The van der Waals surface area contributed by atoms with E-state index in [0.717, 1.165) is 7.11 Å². The monoisotopic (exact) mass is 287 g/mol. The number of esters is 2. The van der Waals surface area contributed by atoms with Gasteiger partial charge in [0, 0.05) is 5.69 Å². The molecule has 0 amide bonds. The van der Waals surface area contributed by atoms with Crippen molar-refractivity contribution in [2.24, 2.45) is 0 Å². The Balaban J connectivity index is 2.78. The zero-order valence-corrected chi connectivity index (χ0v) is 11.2. The Kier molecular flexibility index (Phi) is 4.87. The topological polar surface area (TPSA) is 98.8 Å². The Morgan fingerprint density at radius 2 is 1.68 bits per heavy atom. The maximum absolute atomic E-state index is 11.5. The second-order valence-corrected chi connectivity index (χ2v) is 5.23. The van der Waals surface area contributed by atoms with E-state index in [1.54, 1.807) is 0 Å². The third-order valence-corrected chi connectivity index (χ3v) is 3.28. The van der Waals surface area contributed by atoms with Crippen molar-refractivity contribution in [2.75, 3.05) is 24.7 Å². The number of sulfonamides is 1. The van der Waals surface area contributed by atoms with Gasteiger partial charge in [-0.15, -0.1) is 0 Å². The summed E-state index contributed by atoms with van der Waals surface area (Å²) in [6, 6.07) is 5.59. The molecule has 104 valence electrons. The lowest BCUT2D eigenvalue weighted by molar-refractivity contribution is -0.137. The molecule has 0 heterocycles. The summed E-state index contributed by atoms with van der Waals surface area (Å²) < 4.78 is 34.0. The van der Waals surface area contributed by atoms with Crippen LogP contribution in [0.4, 0.5) is 5.69 Å². The minimum atomic E-state index is -3.83. The van der Waals surface area contributed by atoms with Crippen LogP contribution in [-0.2, 0) is 24.3 Å². The minimum Gasteiger partial charge on any atom is -0.468 e. The smallest absolute Gasteiger partial charge is 0.337 e. The second-order valence-electron chi connectivity index (χ2n) is 3.51. The summed E-state index contributed by atoms with van der Waals surface area (Å²) in [4.78, 5) is 22.1. The Morgan fingerprint density at radius 1 is 1.11 bits per heavy atom. The lowest BCUT2D eigenvalue weighted by atomic mass is 10.2. The van der Waals surface area contributed by atoms with E-state index in [-0.39, 0.29) is 5.69 Å². The number of carbonyl (C=O) groups excluding carboxylic acids is 2. The number of hydrogen-bond acceptors (Lipinski definition) is 6. The van der Waals surface area contributed by atoms with Crippen LogP contribution < -0.4 is 4.72 Å². The molecule has 1 aromatic rings. The zero-order valence-electron chi connectivity index (χ0n) is 10.4. The maximum Gasteiger partial charge on any atom is 0.337 e. The summed E-state index contributed by atoms with van der Waals surface area (Å²) in [7, 11) is -1.48.